The summed E-state index contributed by atoms with van der Waals surface area (Å²) in [5, 5.41) is 11.8. The van der Waals surface area contributed by atoms with Gasteiger partial charge in [0.25, 0.3) is 5.69 Å². The smallest absolute Gasteiger partial charge is 0.283 e. The molecule has 0 unspecified atom stereocenters. The first-order valence-electron chi connectivity index (χ1n) is 4.90. The highest BCUT2D eigenvalue weighted by Crippen LogP contribution is 2.36. The summed E-state index contributed by atoms with van der Waals surface area (Å²) < 4.78 is 0. The molecule has 18 heavy (non-hydrogen) atoms. The minimum Gasteiger partial charge on any atom is -0.396 e. The third-order valence-electron chi connectivity index (χ3n) is 2.11. The summed E-state index contributed by atoms with van der Waals surface area (Å²) in [5.41, 5.74) is 6.18. The Balaban J connectivity index is 2.37. The van der Waals surface area contributed by atoms with Crippen molar-refractivity contribution in [2.24, 2.45) is 0 Å². The van der Waals surface area contributed by atoms with Crippen molar-refractivity contribution in [3.05, 3.63) is 51.7 Å². The fourth-order valence-corrected chi connectivity index (χ4v) is 2.38. The highest BCUT2D eigenvalue weighted by atomic mass is 35.5. The van der Waals surface area contributed by atoms with Gasteiger partial charge in [-0.3, -0.25) is 10.1 Å². The second-order valence-electron chi connectivity index (χ2n) is 3.37. The number of hydrogen-bond acceptors (Lipinski definition) is 5. The monoisotopic (exact) mass is 281 g/mol. The van der Waals surface area contributed by atoms with Crippen LogP contribution in [0.3, 0.4) is 0 Å². The Morgan fingerprint density at radius 2 is 2.11 bits per heavy atom. The second kappa shape index (κ2) is 5.24. The maximum atomic E-state index is 10.9. The van der Waals surface area contributed by atoms with Crippen LogP contribution in [0.2, 0.25) is 5.02 Å². The van der Waals surface area contributed by atoms with Crippen molar-refractivity contribution in [1.29, 1.82) is 0 Å². The molecule has 0 radical (unpaired) electrons. The van der Waals surface area contributed by atoms with Gasteiger partial charge >= 0.3 is 0 Å². The lowest BCUT2D eigenvalue weighted by molar-refractivity contribution is -0.387. The van der Waals surface area contributed by atoms with E-state index in [1.165, 1.54) is 12.3 Å². The third-order valence-corrected chi connectivity index (χ3v) is 3.42. The van der Waals surface area contributed by atoms with Gasteiger partial charge < -0.3 is 5.73 Å². The van der Waals surface area contributed by atoms with Gasteiger partial charge in [0.15, 0.2) is 0 Å². The summed E-state index contributed by atoms with van der Waals surface area (Å²) in [6.07, 6.45) is 1.45. The standard InChI is InChI=1S/C11H8ClN3O2S/c12-7-5-8(13)11(14-6-7)18-10-4-2-1-3-9(10)15(16)17/h1-6H,13H2. The van der Waals surface area contributed by atoms with Gasteiger partial charge in [-0.15, -0.1) is 0 Å². The first kappa shape index (κ1) is 12.7. The number of nitrogen functional groups attached to an aromatic ring is 1. The topological polar surface area (TPSA) is 82.0 Å². The van der Waals surface area contributed by atoms with E-state index in [4.69, 9.17) is 17.3 Å². The Labute approximate surface area is 112 Å². The van der Waals surface area contributed by atoms with Crippen LogP contribution in [0.1, 0.15) is 0 Å². The van der Waals surface area contributed by atoms with E-state index in [1.807, 2.05) is 0 Å². The molecule has 5 nitrogen and oxygen atoms in total. The molecule has 92 valence electrons. The molecule has 0 saturated carbocycles. The lowest BCUT2D eigenvalue weighted by atomic mass is 10.3. The molecule has 0 aliphatic carbocycles. The number of rotatable bonds is 3. The number of nitrogens with zero attached hydrogens (tertiary/aromatic N) is 2. The Hall–Kier alpha value is -1.79. The molecule has 0 aliphatic rings. The lowest BCUT2D eigenvalue weighted by Gasteiger charge is -2.05. The van der Waals surface area contributed by atoms with E-state index in [0.29, 0.717) is 20.6 Å². The van der Waals surface area contributed by atoms with E-state index < -0.39 is 4.92 Å². The van der Waals surface area contributed by atoms with Gasteiger partial charge in [-0.05, 0) is 12.1 Å². The molecule has 2 N–H and O–H groups in total. The molecule has 7 heteroatoms. The van der Waals surface area contributed by atoms with Crippen molar-refractivity contribution >= 4 is 34.7 Å². The first-order valence-corrected chi connectivity index (χ1v) is 6.09. The van der Waals surface area contributed by atoms with Gasteiger partial charge in [0.1, 0.15) is 5.03 Å². The summed E-state index contributed by atoms with van der Waals surface area (Å²) in [6, 6.07) is 7.99. The number of pyridine rings is 1. The zero-order chi connectivity index (χ0) is 13.1. The minimum absolute atomic E-state index is 0.0265. The van der Waals surface area contributed by atoms with Crippen LogP contribution in [0, 0.1) is 10.1 Å². The Morgan fingerprint density at radius 1 is 1.39 bits per heavy atom. The number of para-hydroxylation sites is 1. The van der Waals surface area contributed by atoms with E-state index in [2.05, 4.69) is 4.98 Å². The van der Waals surface area contributed by atoms with E-state index in [1.54, 1.807) is 24.3 Å². The maximum Gasteiger partial charge on any atom is 0.283 e. The average molecular weight is 282 g/mol. The molecular formula is C11H8ClN3O2S. The molecule has 0 atom stereocenters. The Kier molecular flexibility index (Phi) is 3.69. The van der Waals surface area contributed by atoms with Crippen molar-refractivity contribution in [2.75, 3.05) is 5.73 Å². The highest BCUT2D eigenvalue weighted by Gasteiger charge is 2.15. The zero-order valence-corrected chi connectivity index (χ0v) is 10.6. The predicted octanol–water partition coefficient (Wildman–Crippen LogP) is 3.38. The number of nitrogens with two attached hydrogens (primary N) is 1. The van der Waals surface area contributed by atoms with Gasteiger partial charge in [-0.2, -0.15) is 0 Å². The van der Waals surface area contributed by atoms with Crippen LogP contribution < -0.4 is 5.73 Å². The van der Waals surface area contributed by atoms with Crippen LogP contribution in [-0.4, -0.2) is 9.91 Å². The van der Waals surface area contributed by atoms with Crippen LogP contribution >= 0.6 is 23.4 Å². The molecule has 0 aliphatic heterocycles. The van der Waals surface area contributed by atoms with Crippen molar-refractivity contribution < 1.29 is 4.92 Å². The number of hydrogen-bond donors (Lipinski definition) is 1. The molecule has 0 amide bonds. The third kappa shape index (κ3) is 2.72. The van der Waals surface area contributed by atoms with Crippen molar-refractivity contribution in [1.82, 2.24) is 4.98 Å². The molecule has 1 aromatic heterocycles. The molecule has 2 rings (SSSR count). The summed E-state index contributed by atoms with van der Waals surface area (Å²) in [4.78, 5) is 15.0. The second-order valence-corrected chi connectivity index (χ2v) is 4.84. The number of nitro groups is 1. The number of halogens is 1. The molecule has 0 spiro atoms. The van der Waals surface area contributed by atoms with Crippen LogP contribution in [0.15, 0.2) is 46.5 Å². The SMILES string of the molecule is Nc1cc(Cl)cnc1Sc1ccccc1[N+](=O)[O-]. The van der Waals surface area contributed by atoms with Gasteiger partial charge in [0.2, 0.25) is 0 Å². The number of nitro benzene ring substituents is 1. The fraction of sp³-hybridized carbons (Fsp3) is 0. The normalized spacial score (nSPS) is 10.3. The predicted molar refractivity (Wildman–Crippen MR) is 70.9 cm³/mol. The quantitative estimate of drug-likeness (QED) is 0.689. The molecule has 1 aromatic carbocycles. The number of aromatic nitrogens is 1. The summed E-state index contributed by atoms with van der Waals surface area (Å²) in [6.45, 7) is 0. The van der Waals surface area contributed by atoms with E-state index >= 15 is 0 Å². The fourth-order valence-electron chi connectivity index (χ4n) is 1.33. The number of anilines is 1. The van der Waals surface area contributed by atoms with Crippen molar-refractivity contribution in [2.45, 2.75) is 9.92 Å². The van der Waals surface area contributed by atoms with E-state index in [0.717, 1.165) is 11.8 Å². The molecule has 0 fully saturated rings. The Morgan fingerprint density at radius 3 is 2.78 bits per heavy atom. The summed E-state index contributed by atoms with van der Waals surface area (Å²) >= 11 is 6.88. The zero-order valence-electron chi connectivity index (χ0n) is 9.04. The lowest BCUT2D eigenvalue weighted by Crippen LogP contribution is -1.94. The molecule has 1 heterocycles. The Bertz CT molecular complexity index is 607. The summed E-state index contributed by atoms with van der Waals surface area (Å²) in [7, 11) is 0. The molecule has 0 saturated heterocycles. The van der Waals surface area contributed by atoms with Crippen molar-refractivity contribution in [3.8, 4) is 0 Å². The van der Waals surface area contributed by atoms with Gasteiger partial charge in [-0.1, -0.05) is 35.5 Å². The number of benzene rings is 1. The van der Waals surface area contributed by atoms with Crippen LogP contribution in [0.5, 0.6) is 0 Å². The minimum atomic E-state index is -0.436. The first-order chi connectivity index (χ1) is 8.58. The van der Waals surface area contributed by atoms with Gasteiger partial charge in [-0.25, -0.2) is 4.98 Å². The van der Waals surface area contributed by atoms with Gasteiger partial charge in [0, 0.05) is 12.3 Å². The summed E-state index contributed by atoms with van der Waals surface area (Å²) in [5.74, 6) is 0. The molecule has 0 bridgehead atoms. The molecular weight excluding hydrogens is 274 g/mol. The molecule has 2 aromatic rings. The maximum absolute atomic E-state index is 10.9. The average Bonchev–Trinajstić information content (AvgIpc) is 2.33. The van der Waals surface area contributed by atoms with Gasteiger partial charge in [0.05, 0.1) is 20.5 Å². The van der Waals surface area contributed by atoms with Crippen LogP contribution in [0.25, 0.3) is 0 Å². The largest absolute Gasteiger partial charge is 0.396 e. The van der Waals surface area contributed by atoms with E-state index in [9.17, 15) is 10.1 Å². The van der Waals surface area contributed by atoms with Crippen LogP contribution in [-0.2, 0) is 0 Å². The van der Waals surface area contributed by atoms with Crippen molar-refractivity contribution in [3.63, 3.8) is 0 Å². The van der Waals surface area contributed by atoms with E-state index in [-0.39, 0.29) is 5.69 Å². The highest BCUT2D eigenvalue weighted by molar-refractivity contribution is 7.99. The van der Waals surface area contributed by atoms with Crippen LogP contribution in [0.4, 0.5) is 11.4 Å².